The van der Waals surface area contributed by atoms with E-state index in [-0.39, 0.29) is 34.9 Å². The molecule has 0 aliphatic rings. The second-order valence-electron chi connectivity index (χ2n) is 4.72. The van der Waals surface area contributed by atoms with Gasteiger partial charge in [-0.2, -0.15) is 0 Å². The predicted molar refractivity (Wildman–Crippen MR) is 76.0 cm³/mol. The molecule has 0 aliphatic carbocycles. The summed E-state index contributed by atoms with van der Waals surface area (Å²) < 4.78 is 0. The van der Waals surface area contributed by atoms with Crippen LogP contribution < -0.4 is 16.8 Å². The molecule has 0 bridgehead atoms. The molecule has 1 aromatic rings. The highest BCUT2D eigenvalue weighted by atomic mass is 35.5. The molecule has 104 valence electrons. The topological polar surface area (TPSA) is 98.2 Å². The Morgan fingerprint density at radius 3 is 2.53 bits per heavy atom. The van der Waals surface area contributed by atoms with Gasteiger partial charge < -0.3 is 16.8 Å². The Hall–Kier alpha value is -1.59. The molecule has 1 unspecified atom stereocenters. The molecule has 19 heavy (non-hydrogen) atoms. The lowest BCUT2D eigenvalue weighted by Gasteiger charge is -2.15. The largest absolute Gasteiger partial charge is 0.366 e. The first kappa shape index (κ1) is 15.5. The van der Waals surface area contributed by atoms with Gasteiger partial charge in [0, 0.05) is 18.2 Å². The second kappa shape index (κ2) is 6.54. The third-order valence-corrected chi connectivity index (χ3v) is 3.12. The molecule has 0 fully saturated rings. The van der Waals surface area contributed by atoms with Gasteiger partial charge in [-0.15, -0.1) is 0 Å². The van der Waals surface area contributed by atoms with Crippen LogP contribution in [0.4, 0.5) is 5.69 Å². The zero-order valence-electron chi connectivity index (χ0n) is 10.9. The number of amides is 2. The van der Waals surface area contributed by atoms with E-state index in [0.717, 1.165) is 0 Å². The van der Waals surface area contributed by atoms with Gasteiger partial charge in [-0.25, -0.2) is 0 Å². The van der Waals surface area contributed by atoms with Gasteiger partial charge >= 0.3 is 0 Å². The maximum Gasteiger partial charge on any atom is 0.250 e. The number of rotatable bonds is 5. The van der Waals surface area contributed by atoms with Gasteiger partial charge in [-0.3, -0.25) is 9.59 Å². The average Bonchev–Trinajstić information content (AvgIpc) is 2.30. The number of hydrogen-bond donors (Lipinski definition) is 3. The number of anilines is 1. The van der Waals surface area contributed by atoms with Crippen molar-refractivity contribution < 1.29 is 9.59 Å². The van der Waals surface area contributed by atoms with Gasteiger partial charge in [-0.05, 0) is 24.1 Å². The van der Waals surface area contributed by atoms with Crippen LogP contribution in [-0.2, 0) is 4.79 Å². The molecule has 6 heteroatoms. The summed E-state index contributed by atoms with van der Waals surface area (Å²) in [5.41, 5.74) is 11.6. The Morgan fingerprint density at radius 1 is 1.37 bits per heavy atom. The Balaban J connectivity index is 2.75. The average molecular weight is 284 g/mol. The molecule has 1 atom stereocenters. The highest BCUT2D eigenvalue weighted by Crippen LogP contribution is 2.20. The summed E-state index contributed by atoms with van der Waals surface area (Å²) >= 11 is 5.82. The first-order chi connectivity index (χ1) is 8.81. The molecule has 5 N–H and O–H groups in total. The highest BCUT2D eigenvalue weighted by molar-refractivity contribution is 6.33. The lowest BCUT2D eigenvalue weighted by atomic mass is 10.0. The minimum Gasteiger partial charge on any atom is -0.366 e. The number of nitrogens with one attached hydrogen (secondary N) is 1. The van der Waals surface area contributed by atoms with Gasteiger partial charge in [0.2, 0.25) is 11.8 Å². The maximum atomic E-state index is 11.8. The molecule has 1 aromatic carbocycles. The predicted octanol–water partition coefficient (Wildman–Crippen LogP) is 1.75. The molecule has 5 nitrogen and oxygen atoms in total. The third kappa shape index (κ3) is 4.54. The van der Waals surface area contributed by atoms with E-state index in [9.17, 15) is 9.59 Å². The van der Waals surface area contributed by atoms with E-state index in [2.05, 4.69) is 5.32 Å². The van der Waals surface area contributed by atoms with Crippen molar-refractivity contribution in [3.8, 4) is 0 Å². The molecule has 0 heterocycles. The number of carbonyl (C=O) groups excluding carboxylic acids is 2. The third-order valence-electron chi connectivity index (χ3n) is 2.79. The first-order valence-electron chi connectivity index (χ1n) is 5.96. The molecule has 1 rings (SSSR count). The van der Waals surface area contributed by atoms with Crippen molar-refractivity contribution in [3.05, 3.63) is 28.8 Å². The molecule has 0 aliphatic heterocycles. The Morgan fingerprint density at radius 2 is 2.00 bits per heavy atom. The van der Waals surface area contributed by atoms with E-state index in [0.29, 0.717) is 5.69 Å². The fourth-order valence-electron chi connectivity index (χ4n) is 1.45. The van der Waals surface area contributed by atoms with Crippen LogP contribution in [0, 0.1) is 5.92 Å². The summed E-state index contributed by atoms with van der Waals surface area (Å²) in [7, 11) is 0. The minimum absolute atomic E-state index is 0.174. The first-order valence-corrected chi connectivity index (χ1v) is 6.34. The molecular formula is C13H18ClN3O2. The standard InChI is InChI=1S/C13H18ClN3O2/c1-7(2)11(15)6-12(18)17-8-3-4-10(14)9(5-8)13(16)19/h3-5,7,11H,6,15H2,1-2H3,(H2,16,19)(H,17,18). The van der Waals surface area contributed by atoms with Gasteiger partial charge in [0.25, 0.3) is 0 Å². The smallest absolute Gasteiger partial charge is 0.250 e. The van der Waals surface area contributed by atoms with Crippen molar-refractivity contribution in [2.75, 3.05) is 5.32 Å². The molecule has 0 saturated heterocycles. The van der Waals surface area contributed by atoms with Gasteiger partial charge in [0.15, 0.2) is 0 Å². The molecule has 2 amide bonds. The summed E-state index contributed by atoms with van der Waals surface area (Å²) in [6.07, 6.45) is 0.214. The number of carbonyl (C=O) groups is 2. The van der Waals surface area contributed by atoms with Crippen LogP contribution in [0.3, 0.4) is 0 Å². The Kier molecular flexibility index (Phi) is 5.32. The summed E-state index contributed by atoms with van der Waals surface area (Å²) in [6, 6.07) is 4.36. The van der Waals surface area contributed by atoms with Crippen molar-refractivity contribution in [1.29, 1.82) is 0 Å². The van der Waals surface area contributed by atoms with Crippen molar-refractivity contribution in [1.82, 2.24) is 0 Å². The van der Waals surface area contributed by atoms with Crippen LogP contribution in [0.1, 0.15) is 30.6 Å². The summed E-state index contributed by atoms with van der Waals surface area (Å²) in [6.45, 7) is 3.90. The van der Waals surface area contributed by atoms with Crippen LogP contribution in [0.5, 0.6) is 0 Å². The zero-order valence-corrected chi connectivity index (χ0v) is 11.7. The Labute approximate surface area is 117 Å². The number of nitrogens with two attached hydrogens (primary N) is 2. The lowest BCUT2D eigenvalue weighted by Crippen LogP contribution is -2.31. The summed E-state index contributed by atoms with van der Waals surface area (Å²) in [4.78, 5) is 22.9. The van der Waals surface area contributed by atoms with E-state index in [1.807, 2.05) is 13.8 Å². The minimum atomic E-state index is -0.639. The van der Waals surface area contributed by atoms with E-state index < -0.39 is 5.91 Å². The van der Waals surface area contributed by atoms with Crippen molar-refractivity contribution in [3.63, 3.8) is 0 Å². The molecule has 0 spiro atoms. The molecule has 0 saturated carbocycles. The summed E-state index contributed by atoms with van der Waals surface area (Å²) in [5, 5.41) is 2.92. The van der Waals surface area contributed by atoms with Gasteiger partial charge in [-0.1, -0.05) is 25.4 Å². The van der Waals surface area contributed by atoms with Gasteiger partial charge in [0.1, 0.15) is 0 Å². The highest BCUT2D eigenvalue weighted by Gasteiger charge is 2.14. The Bertz CT molecular complexity index is 489. The van der Waals surface area contributed by atoms with Crippen LogP contribution >= 0.6 is 11.6 Å². The van der Waals surface area contributed by atoms with E-state index in [1.54, 1.807) is 6.07 Å². The van der Waals surface area contributed by atoms with Crippen LogP contribution in [0.2, 0.25) is 5.02 Å². The lowest BCUT2D eigenvalue weighted by molar-refractivity contribution is -0.116. The molecule has 0 radical (unpaired) electrons. The van der Waals surface area contributed by atoms with E-state index in [4.69, 9.17) is 23.1 Å². The SMILES string of the molecule is CC(C)C(N)CC(=O)Nc1ccc(Cl)c(C(N)=O)c1. The monoisotopic (exact) mass is 283 g/mol. The van der Waals surface area contributed by atoms with Gasteiger partial charge in [0.05, 0.1) is 10.6 Å². The van der Waals surface area contributed by atoms with Crippen LogP contribution in [0.15, 0.2) is 18.2 Å². The fourth-order valence-corrected chi connectivity index (χ4v) is 1.66. The van der Waals surface area contributed by atoms with Crippen molar-refractivity contribution in [2.24, 2.45) is 17.4 Å². The number of primary amides is 1. The number of hydrogen-bond acceptors (Lipinski definition) is 3. The fraction of sp³-hybridized carbons (Fsp3) is 0.385. The van der Waals surface area contributed by atoms with E-state index >= 15 is 0 Å². The molecular weight excluding hydrogens is 266 g/mol. The van der Waals surface area contributed by atoms with E-state index in [1.165, 1.54) is 12.1 Å². The summed E-state index contributed by atoms with van der Waals surface area (Å²) in [5.74, 6) is -0.629. The van der Waals surface area contributed by atoms with Crippen LogP contribution in [-0.4, -0.2) is 17.9 Å². The second-order valence-corrected chi connectivity index (χ2v) is 5.13. The quantitative estimate of drug-likeness (QED) is 0.768. The zero-order chi connectivity index (χ0) is 14.6. The normalized spacial score (nSPS) is 12.3. The van der Waals surface area contributed by atoms with Crippen molar-refractivity contribution in [2.45, 2.75) is 26.3 Å². The number of benzene rings is 1. The number of halogens is 1. The van der Waals surface area contributed by atoms with Crippen molar-refractivity contribution >= 4 is 29.1 Å². The molecule has 0 aromatic heterocycles. The maximum absolute atomic E-state index is 11.8. The van der Waals surface area contributed by atoms with Crippen LogP contribution in [0.25, 0.3) is 0 Å².